The highest BCUT2D eigenvalue weighted by molar-refractivity contribution is 5.84. The van der Waals surface area contributed by atoms with Gasteiger partial charge in [0.25, 0.3) is 0 Å². The highest BCUT2D eigenvalue weighted by Gasteiger charge is 2.33. The molecule has 0 aliphatic rings. The fourth-order valence-corrected chi connectivity index (χ4v) is 2.43. The summed E-state index contributed by atoms with van der Waals surface area (Å²) in [5.74, 6) is -0.251. The average Bonchev–Trinajstić information content (AvgIpc) is 2.37. The summed E-state index contributed by atoms with van der Waals surface area (Å²) in [5.41, 5.74) is 4.98. The standard InChI is InChI=1S/C15H33N3O/c1-6-9-11-18(8-3)13(4)12-15(5,14(16)19)17-10-7-2/h13,17H,6-12H2,1-5H3,(H2,16,19). The molecule has 0 heterocycles. The van der Waals surface area contributed by atoms with Crippen LogP contribution in [-0.4, -0.2) is 42.0 Å². The van der Waals surface area contributed by atoms with Gasteiger partial charge in [0.15, 0.2) is 0 Å². The molecule has 0 aliphatic heterocycles. The van der Waals surface area contributed by atoms with E-state index >= 15 is 0 Å². The third-order valence-electron chi connectivity index (χ3n) is 3.84. The number of unbranched alkanes of at least 4 members (excludes halogenated alkanes) is 1. The topological polar surface area (TPSA) is 58.4 Å². The Balaban J connectivity index is 4.59. The van der Waals surface area contributed by atoms with Crippen LogP contribution in [0.5, 0.6) is 0 Å². The Morgan fingerprint density at radius 3 is 2.37 bits per heavy atom. The van der Waals surface area contributed by atoms with E-state index in [1.54, 1.807) is 0 Å². The molecular formula is C15H33N3O. The zero-order valence-corrected chi connectivity index (χ0v) is 13.5. The molecule has 0 spiro atoms. The molecule has 0 aromatic heterocycles. The predicted octanol–water partition coefficient (Wildman–Crippen LogP) is 2.13. The Kier molecular flexibility index (Phi) is 9.02. The molecule has 4 nitrogen and oxygen atoms in total. The fourth-order valence-electron chi connectivity index (χ4n) is 2.43. The number of amides is 1. The van der Waals surface area contributed by atoms with Gasteiger partial charge in [-0.3, -0.25) is 4.79 Å². The molecular weight excluding hydrogens is 238 g/mol. The lowest BCUT2D eigenvalue weighted by Gasteiger charge is -2.35. The van der Waals surface area contributed by atoms with Crippen LogP contribution in [0, 0.1) is 0 Å². The van der Waals surface area contributed by atoms with Crippen molar-refractivity contribution < 1.29 is 4.79 Å². The van der Waals surface area contributed by atoms with Crippen LogP contribution < -0.4 is 11.1 Å². The van der Waals surface area contributed by atoms with E-state index in [0.29, 0.717) is 6.04 Å². The average molecular weight is 271 g/mol. The summed E-state index contributed by atoms with van der Waals surface area (Å²) in [6.45, 7) is 13.5. The van der Waals surface area contributed by atoms with E-state index in [1.807, 2.05) is 6.92 Å². The maximum atomic E-state index is 11.7. The van der Waals surface area contributed by atoms with Crippen molar-refractivity contribution in [2.24, 2.45) is 5.73 Å². The lowest BCUT2D eigenvalue weighted by Crippen LogP contribution is -2.56. The van der Waals surface area contributed by atoms with Crippen molar-refractivity contribution in [1.29, 1.82) is 0 Å². The zero-order chi connectivity index (χ0) is 14.9. The van der Waals surface area contributed by atoms with Gasteiger partial charge in [0.05, 0.1) is 5.54 Å². The molecule has 0 radical (unpaired) electrons. The Labute approximate surface area is 119 Å². The van der Waals surface area contributed by atoms with Gasteiger partial charge < -0.3 is 16.0 Å². The van der Waals surface area contributed by atoms with Crippen LogP contribution >= 0.6 is 0 Å². The SMILES string of the molecule is CCCCN(CC)C(C)CC(C)(NCCC)C(N)=O. The van der Waals surface area contributed by atoms with Crippen LogP contribution in [0.1, 0.15) is 60.3 Å². The van der Waals surface area contributed by atoms with E-state index < -0.39 is 5.54 Å². The number of carbonyl (C=O) groups excluding carboxylic acids is 1. The van der Waals surface area contributed by atoms with Gasteiger partial charge in [-0.15, -0.1) is 0 Å². The lowest BCUT2D eigenvalue weighted by molar-refractivity contribution is -0.124. The number of carbonyl (C=O) groups is 1. The van der Waals surface area contributed by atoms with Gasteiger partial charge in [-0.25, -0.2) is 0 Å². The van der Waals surface area contributed by atoms with Crippen molar-refractivity contribution in [3.05, 3.63) is 0 Å². The van der Waals surface area contributed by atoms with Crippen LogP contribution in [0.3, 0.4) is 0 Å². The van der Waals surface area contributed by atoms with Gasteiger partial charge in [-0.1, -0.05) is 27.2 Å². The molecule has 0 aromatic carbocycles. The summed E-state index contributed by atoms with van der Waals surface area (Å²) in [4.78, 5) is 14.2. The highest BCUT2D eigenvalue weighted by atomic mass is 16.1. The van der Waals surface area contributed by atoms with E-state index in [4.69, 9.17) is 5.73 Å². The van der Waals surface area contributed by atoms with Crippen LogP contribution in [0.4, 0.5) is 0 Å². The van der Waals surface area contributed by atoms with Crippen molar-refractivity contribution in [1.82, 2.24) is 10.2 Å². The molecule has 1 amide bonds. The number of primary amides is 1. The fraction of sp³-hybridized carbons (Fsp3) is 0.933. The van der Waals surface area contributed by atoms with E-state index in [1.165, 1.54) is 12.8 Å². The Hall–Kier alpha value is -0.610. The highest BCUT2D eigenvalue weighted by Crippen LogP contribution is 2.17. The van der Waals surface area contributed by atoms with Crippen molar-refractivity contribution in [2.45, 2.75) is 71.9 Å². The second-order valence-corrected chi connectivity index (χ2v) is 5.66. The van der Waals surface area contributed by atoms with Gasteiger partial charge in [0, 0.05) is 6.04 Å². The normalized spacial score (nSPS) is 16.3. The molecule has 4 heteroatoms. The maximum absolute atomic E-state index is 11.7. The summed E-state index contributed by atoms with van der Waals surface area (Å²) >= 11 is 0. The first-order valence-electron chi connectivity index (χ1n) is 7.70. The van der Waals surface area contributed by atoms with Crippen molar-refractivity contribution in [2.75, 3.05) is 19.6 Å². The number of rotatable bonds is 11. The summed E-state index contributed by atoms with van der Waals surface area (Å²) in [5, 5.41) is 3.31. The molecule has 0 saturated heterocycles. The molecule has 114 valence electrons. The molecule has 0 aromatic rings. The predicted molar refractivity (Wildman–Crippen MR) is 82.1 cm³/mol. The number of nitrogens with one attached hydrogen (secondary N) is 1. The molecule has 0 rings (SSSR count). The Morgan fingerprint density at radius 2 is 1.95 bits per heavy atom. The largest absolute Gasteiger partial charge is 0.368 e. The van der Waals surface area contributed by atoms with Crippen LogP contribution in [0.15, 0.2) is 0 Å². The van der Waals surface area contributed by atoms with Gasteiger partial charge >= 0.3 is 0 Å². The summed E-state index contributed by atoms with van der Waals surface area (Å²) in [6, 6.07) is 0.360. The van der Waals surface area contributed by atoms with Gasteiger partial charge in [0.2, 0.25) is 5.91 Å². The first-order chi connectivity index (χ1) is 8.91. The van der Waals surface area contributed by atoms with Crippen molar-refractivity contribution in [3.8, 4) is 0 Å². The van der Waals surface area contributed by atoms with Crippen molar-refractivity contribution in [3.63, 3.8) is 0 Å². The summed E-state index contributed by atoms with van der Waals surface area (Å²) in [6.07, 6.45) is 4.17. The number of nitrogens with zero attached hydrogens (tertiary/aromatic N) is 1. The minimum atomic E-state index is -0.602. The van der Waals surface area contributed by atoms with E-state index in [9.17, 15) is 4.79 Å². The second kappa shape index (κ2) is 9.32. The molecule has 3 N–H and O–H groups in total. The third kappa shape index (κ3) is 6.39. The molecule has 19 heavy (non-hydrogen) atoms. The minimum absolute atomic E-state index is 0.251. The molecule has 2 atom stereocenters. The molecule has 0 saturated carbocycles. The van der Waals surface area contributed by atoms with Crippen molar-refractivity contribution >= 4 is 5.91 Å². The van der Waals surface area contributed by atoms with Crippen LogP contribution in [0.2, 0.25) is 0 Å². The van der Waals surface area contributed by atoms with Gasteiger partial charge in [-0.05, 0) is 52.7 Å². The van der Waals surface area contributed by atoms with E-state index in [2.05, 4.69) is 37.9 Å². The summed E-state index contributed by atoms with van der Waals surface area (Å²) in [7, 11) is 0. The van der Waals surface area contributed by atoms with Gasteiger partial charge in [0.1, 0.15) is 0 Å². The van der Waals surface area contributed by atoms with Gasteiger partial charge in [-0.2, -0.15) is 0 Å². The minimum Gasteiger partial charge on any atom is -0.368 e. The number of nitrogens with two attached hydrogens (primary N) is 1. The third-order valence-corrected chi connectivity index (χ3v) is 3.84. The second-order valence-electron chi connectivity index (χ2n) is 5.66. The number of hydrogen-bond acceptors (Lipinski definition) is 3. The molecule has 0 bridgehead atoms. The number of hydrogen-bond donors (Lipinski definition) is 2. The molecule has 0 fully saturated rings. The Bertz CT molecular complexity index is 258. The maximum Gasteiger partial charge on any atom is 0.237 e. The summed E-state index contributed by atoms with van der Waals surface area (Å²) < 4.78 is 0. The lowest BCUT2D eigenvalue weighted by atomic mass is 9.91. The monoisotopic (exact) mass is 271 g/mol. The molecule has 2 unspecified atom stereocenters. The smallest absolute Gasteiger partial charge is 0.237 e. The van der Waals surface area contributed by atoms with Crippen LogP contribution in [0.25, 0.3) is 0 Å². The van der Waals surface area contributed by atoms with Crippen LogP contribution in [-0.2, 0) is 4.79 Å². The quantitative estimate of drug-likeness (QED) is 0.605. The first kappa shape index (κ1) is 18.4. The van der Waals surface area contributed by atoms with E-state index in [-0.39, 0.29) is 5.91 Å². The Morgan fingerprint density at radius 1 is 1.32 bits per heavy atom. The zero-order valence-electron chi connectivity index (χ0n) is 13.5. The molecule has 0 aliphatic carbocycles. The first-order valence-corrected chi connectivity index (χ1v) is 7.70. The van der Waals surface area contributed by atoms with E-state index in [0.717, 1.165) is 32.5 Å².